The van der Waals surface area contributed by atoms with Crippen molar-refractivity contribution >= 4 is 0 Å². The lowest BCUT2D eigenvalue weighted by Gasteiger charge is -2.07. The summed E-state index contributed by atoms with van der Waals surface area (Å²) < 4.78 is 5.78. The molecule has 0 aliphatic heterocycles. The third kappa shape index (κ3) is 5.08. The first-order valence-electron chi connectivity index (χ1n) is 7.43. The molecule has 0 unspecified atom stereocenters. The molecule has 0 aliphatic rings. The van der Waals surface area contributed by atoms with Gasteiger partial charge in [-0.15, -0.1) is 0 Å². The molecule has 0 aliphatic carbocycles. The van der Waals surface area contributed by atoms with Crippen LogP contribution in [0, 0.1) is 6.92 Å². The summed E-state index contributed by atoms with van der Waals surface area (Å²) in [5.41, 5.74) is 2.59. The number of rotatable bonds is 8. The van der Waals surface area contributed by atoms with Gasteiger partial charge in [-0.25, -0.2) is 0 Å². The monoisotopic (exact) mass is 267 g/mol. The first kappa shape index (κ1) is 14.6. The molecule has 0 fully saturated rings. The Balaban J connectivity index is 1.76. The van der Waals surface area contributed by atoms with Crippen LogP contribution >= 0.6 is 0 Å². The molecule has 2 rings (SSSR count). The maximum Gasteiger partial charge on any atom is 0.119 e. The first-order chi connectivity index (χ1) is 9.88. The quantitative estimate of drug-likeness (QED) is 0.597. The molecule has 0 aromatic heterocycles. The molecule has 0 heterocycles. The van der Waals surface area contributed by atoms with Crippen LogP contribution in [0.15, 0.2) is 54.6 Å². The fourth-order valence-corrected chi connectivity index (χ4v) is 2.18. The maximum atomic E-state index is 5.78. The van der Waals surface area contributed by atoms with E-state index in [-0.39, 0.29) is 0 Å². The molecule has 0 bridgehead atoms. The fraction of sp³-hybridized carbons (Fsp3) is 0.316. The standard InChI is InChI=1S/C19H23O/c1-2-3-4-6-9-17-12-14-19(15-13-17)20-16-18-10-7-5-8-11-18/h5,7-8,10-15H,1-4,6,9,16H2. The van der Waals surface area contributed by atoms with Gasteiger partial charge in [-0.2, -0.15) is 0 Å². The van der Waals surface area contributed by atoms with Crippen molar-refractivity contribution in [3.63, 3.8) is 0 Å². The molecule has 1 radical (unpaired) electrons. The lowest BCUT2D eigenvalue weighted by molar-refractivity contribution is 0.306. The predicted octanol–water partition coefficient (Wildman–Crippen LogP) is 5.20. The number of aryl methyl sites for hydroxylation is 1. The average molecular weight is 267 g/mol. The molecule has 2 aromatic rings. The summed E-state index contributed by atoms with van der Waals surface area (Å²) >= 11 is 0. The molecule has 0 atom stereocenters. The first-order valence-corrected chi connectivity index (χ1v) is 7.43. The van der Waals surface area contributed by atoms with Crippen LogP contribution in [0.2, 0.25) is 0 Å². The van der Waals surface area contributed by atoms with Gasteiger partial charge >= 0.3 is 0 Å². The number of hydrogen-bond acceptors (Lipinski definition) is 1. The normalized spacial score (nSPS) is 10.4. The minimum Gasteiger partial charge on any atom is -0.489 e. The lowest BCUT2D eigenvalue weighted by atomic mass is 10.1. The molecule has 105 valence electrons. The topological polar surface area (TPSA) is 9.23 Å². The van der Waals surface area contributed by atoms with E-state index < -0.39 is 0 Å². The van der Waals surface area contributed by atoms with Crippen LogP contribution in [0.1, 0.15) is 36.8 Å². The van der Waals surface area contributed by atoms with Crippen molar-refractivity contribution in [3.8, 4) is 5.75 Å². The smallest absolute Gasteiger partial charge is 0.119 e. The van der Waals surface area contributed by atoms with Gasteiger partial charge in [-0.1, -0.05) is 68.7 Å². The minimum atomic E-state index is 0.629. The third-order valence-corrected chi connectivity index (χ3v) is 3.39. The van der Waals surface area contributed by atoms with Crippen LogP contribution in [0.25, 0.3) is 0 Å². The molecule has 1 heteroatoms. The number of benzene rings is 2. The Labute approximate surface area is 122 Å². The number of unbranched alkanes of at least 4 members (excludes halogenated alkanes) is 3. The molecule has 1 nitrogen and oxygen atoms in total. The van der Waals surface area contributed by atoms with E-state index in [1.165, 1.54) is 30.4 Å². The SMILES string of the molecule is [CH2]CCCCCc1ccc(OCc2ccccc2)cc1. The highest BCUT2D eigenvalue weighted by atomic mass is 16.5. The van der Waals surface area contributed by atoms with E-state index in [9.17, 15) is 0 Å². The molecule has 2 aromatic carbocycles. The van der Waals surface area contributed by atoms with Crippen molar-refractivity contribution in [1.29, 1.82) is 0 Å². The van der Waals surface area contributed by atoms with Crippen molar-refractivity contribution in [2.75, 3.05) is 0 Å². The van der Waals surface area contributed by atoms with Gasteiger partial charge in [-0.05, 0) is 36.1 Å². The highest BCUT2D eigenvalue weighted by molar-refractivity contribution is 5.27. The molecule has 0 spiro atoms. The van der Waals surface area contributed by atoms with Gasteiger partial charge in [0.1, 0.15) is 12.4 Å². The van der Waals surface area contributed by atoms with Crippen molar-refractivity contribution < 1.29 is 4.74 Å². The summed E-state index contributed by atoms with van der Waals surface area (Å²) in [5, 5.41) is 0. The summed E-state index contributed by atoms with van der Waals surface area (Å²) in [4.78, 5) is 0. The van der Waals surface area contributed by atoms with E-state index in [2.05, 4.69) is 43.3 Å². The Kier molecular flexibility index (Phi) is 6.16. The molecule has 0 N–H and O–H groups in total. The van der Waals surface area contributed by atoms with Gasteiger partial charge in [0, 0.05) is 0 Å². The van der Waals surface area contributed by atoms with Crippen molar-refractivity contribution in [1.82, 2.24) is 0 Å². The highest BCUT2D eigenvalue weighted by Crippen LogP contribution is 2.16. The molecule has 0 saturated heterocycles. The zero-order valence-electron chi connectivity index (χ0n) is 12.1. The van der Waals surface area contributed by atoms with E-state index in [0.717, 1.165) is 18.6 Å². The van der Waals surface area contributed by atoms with Crippen molar-refractivity contribution in [3.05, 3.63) is 72.6 Å². The second kappa shape index (κ2) is 8.42. The summed E-state index contributed by atoms with van der Waals surface area (Å²) in [6, 6.07) is 18.7. The molecule has 0 amide bonds. The summed E-state index contributed by atoms with van der Waals surface area (Å²) in [5.74, 6) is 0.940. The van der Waals surface area contributed by atoms with Gasteiger partial charge in [0.2, 0.25) is 0 Å². The molecule has 20 heavy (non-hydrogen) atoms. The van der Waals surface area contributed by atoms with E-state index in [1.807, 2.05) is 18.2 Å². The average Bonchev–Trinajstić information content (AvgIpc) is 2.52. The van der Waals surface area contributed by atoms with Gasteiger partial charge in [-0.3, -0.25) is 0 Å². The fourth-order valence-electron chi connectivity index (χ4n) is 2.18. The van der Waals surface area contributed by atoms with Crippen LogP contribution in [0.4, 0.5) is 0 Å². The zero-order valence-corrected chi connectivity index (χ0v) is 12.1. The second-order valence-electron chi connectivity index (χ2n) is 5.08. The van der Waals surface area contributed by atoms with E-state index in [1.54, 1.807) is 0 Å². The Morgan fingerprint density at radius 1 is 0.750 bits per heavy atom. The third-order valence-electron chi connectivity index (χ3n) is 3.39. The van der Waals surface area contributed by atoms with Crippen LogP contribution in [-0.4, -0.2) is 0 Å². The Bertz CT molecular complexity index is 473. The summed E-state index contributed by atoms with van der Waals surface area (Å²) in [7, 11) is 0. The van der Waals surface area contributed by atoms with Crippen LogP contribution < -0.4 is 4.74 Å². The van der Waals surface area contributed by atoms with E-state index in [4.69, 9.17) is 4.74 Å². The second-order valence-corrected chi connectivity index (χ2v) is 5.08. The van der Waals surface area contributed by atoms with E-state index >= 15 is 0 Å². The van der Waals surface area contributed by atoms with Crippen LogP contribution in [0.5, 0.6) is 5.75 Å². The number of hydrogen-bond donors (Lipinski definition) is 0. The summed E-state index contributed by atoms with van der Waals surface area (Å²) in [6.07, 6.45) is 5.96. The van der Waals surface area contributed by atoms with Crippen LogP contribution in [0.3, 0.4) is 0 Å². The minimum absolute atomic E-state index is 0.629. The van der Waals surface area contributed by atoms with Gasteiger partial charge in [0.05, 0.1) is 0 Å². The largest absolute Gasteiger partial charge is 0.489 e. The molecular formula is C19H23O. The summed E-state index contributed by atoms with van der Waals surface area (Å²) in [6.45, 7) is 4.50. The Morgan fingerprint density at radius 2 is 1.50 bits per heavy atom. The Hall–Kier alpha value is -1.76. The van der Waals surface area contributed by atoms with Gasteiger partial charge in [0.15, 0.2) is 0 Å². The van der Waals surface area contributed by atoms with Crippen molar-refractivity contribution in [2.24, 2.45) is 0 Å². The molecular weight excluding hydrogens is 244 g/mol. The molecule has 0 saturated carbocycles. The number of ether oxygens (including phenoxy) is 1. The van der Waals surface area contributed by atoms with Crippen LogP contribution in [-0.2, 0) is 13.0 Å². The van der Waals surface area contributed by atoms with E-state index in [0.29, 0.717) is 6.61 Å². The van der Waals surface area contributed by atoms with Crippen molar-refractivity contribution in [2.45, 2.75) is 38.7 Å². The maximum absolute atomic E-state index is 5.78. The van der Waals surface area contributed by atoms with Gasteiger partial charge < -0.3 is 4.74 Å². The van der Waals surface area contributed by atoms with Gasteiger partial charge in [0.25, 0.3) is 0 Å². The predicted molar refractivity (Wildman–Crippen MR) is 84.7 cm³/mol. The zero-order chi connectivity index (χ0) is 14.0. The highest BCUT2D eigenvalue weighted by Gasteiger charge is 1.97. The Morgan fingerprint density at radius 3 is 2.20 bits per heavy atom. The lowest BCUT2D eigenvalue weighted by Crippen LogP contribution is -1.95.